The first-order chi connectivity index (χ1) is 21.8. The van der Waals surface area contributed by atoms with Crippen molar-refractivity contribution in [2.24, 2.45) is 0 Å². The van der Waals surface area contributed by atoms with E-state index >= 15 is 4.39 Å². The molecule has 2 aliphatic rings. The van der Waals surface area contributed by atoms with Gasteiger partial charge >= 0.3 is 11.8 Å². The lowest BCUT2D eigenvalue weighted by Gasteiger charge is -2.36. The molecule has 46 heavy (non-hydrogen) atoms. The van der Waals surface area contributed by atoms with Crippen molar-refractivity contribution in [3.63, 3.8) is 0 Å². The summed E-state index contributed by atoms with van der Waals surface area (Å²) in [6, 6.07) is 7.49. The summed E-state index contributed by atoms with van der Waals surface area (Å²) in [5, 5.41) is 11.2. The molecule has 1 saturated carbocycles. The number of benzene rings is 1. The number of pyridine rings is 2. The molecule has 6 rings (SSSR count). The first-order valence-corrected chi connectivity index (χ1v) is 15.6. The molecule has 11 nitrogen and oxygen atoms in total. The van der Waals surface area contributed by atoms with E-state index in [0.29, 0.717) is 54.3 Å². The molecular weight excluding hydrogens is 591 g/mol. The number of amides is 1. The fraction of sp³-hybridized carbons (Fsp3) is 0.441. The van der Waals surface area contributed by atoms with Gasteiger partial charge in [-0.3, -0.25) is 9.55 Å². The molecule has 2 fully saturated rings. The predicted octanol–water partition coefficient (Wildman–Crippen LogP) is 5.72. The van der Waals surface area contributed by atoms with Crippen LogP contribution in [-0.2, 0) is 4.74 Å². The second-order valence-electron chi connectivity index (χ2n) is 13.2. The van der Waals surface area contributed by atoms with Gasteiger partial charge in [0.1, 0.15) is 34.5 Å². The van der Waals surface area contributed by atoms with Gasteiger partial charge in [-0.15, -0.1) is 0 Å². The number of carbonyl (C=O) groups excluding carboxylic acids is 1. The number of phenolic OH excluding ortho intramolecular Hbond substituents is 1. The van der Waals surface area contributed by atoms with Crippen LogP contribution in [0, 0.1) is 12.7 Å². The third-order valence-corrected chi connectivity index (χ3v) is 8.03. The SMILES string of the molecule is Cc1ccnc(C(C)C)c1-n1c(=O)nc(N2CCN(C(=O)OC(C)(C)C)CC2)c2c(OC3CC3)nc(-c3c(O)cccc3F)cc21. The van der Waals surface area contributed by atoms with Crippen LogP contribution in [-0.4, -0.2) is 73.5 Å². The molecule has 1 amide bonds. The van der Waals surface area contributed by atoms with Gasteiger partial charge in [0.2, 0.25) is 5.88 Å². The summed E-state index contributed by atoms with van der Waals surface area (Å²) in [6.45, 7) is 12.8. The van der Waals surface area contributed by atoms with Crippen molar-refractivity contribution in [3.05, 3.63) is 64.1 Å². The monoisotopic (exact) mass is 630 g/mol. The maximum absolute atomic E-state index is 15.3. The number of aromatic nitrogens is 4. The fourth-order valence-corrected chi connectivity index (χ4v) is 5.68. The van der Waals surface area contributed by atoms with E-state index < -0.39 is 23.2 Å². The summed E-state index contributed by atoms with van der Waals surface area (Å²) in [4.78, 5) is 44.6. The molecule has 242 valence electrons. The van der Waals surface area contributed by atoms with E-state index in [9.17, 15) is 14.7 Å². The zero-order valence-corrected chi connectivity index (χ0v) is 27.0. The molecule has 0 bridgehead atoms. The first-order valence-electron chi connectivity index (χ1n) is 15.6. The number of rotatable bonds is 6. The highest BCUT2D eigenvalue weighted by Gasteiger charge is 2.32. The van der Waals surface area contributed by atoms with Gasteiger partial charge in [0.15, 0.2) is 0 Å². The zero-order valence-electron chi connectivity index (χ0n) is 27.0. The first kappa shape index (κ1) is 31.3. The molecule has 1 saturated heterocycles. The van der Waals surface area contributed by atoms with Gasteiger partial charge in [0.25, 0.3) is 0 Å². The molecular formula is C34H39FN6O5. The molecule has 4 heterocycles. The maximum atomic E-state index is 15.3. The van der Waals surface area contributed by atoms with Crippen molar-refractivity contribution in [1.29, 1.82) is 0 Å². The molecule has 1 aromatic carbocycles. The lowest BCUT2D eigenvalue weighted by molar-refractivity contribution is 0.0240. The molecule has 3 aromatic heterocycles. The Morgan fingerprint density at radius 3 is 2.43 bits per heavy atom. The normalized spacial score (nSPS) is 15.5. The minimum atomic E-state index is -0.661. The highest BCUT2D eigenvalue weighted by atomic mass is 19.1. The molecule has 1 aliphatic carbocycles. The number of aromatic hydroxyl groups is 1. The summed E-state index contributed by atoms with van der Waals surface area (Å²) in [6.07, 6.45) is 2.87. The minimum Gasteiger partial charge on any atom is -0.507 e. The van der Waals surface area contributed by atoms with Gasteiger partial charge in [0, 0.05) is 32.4 Å². The van der Waals surface area contributed by atoms with Crippen LogP contribution in [0.3, 0.4) is 0 Å². The van der Waals surface area contributed by atoms with E-state index in [4.69, 9.17) is 14.5 Å². The Morgan fingerprint density at radius 1 is 1.09 bits per heavy atom. The fourth-order valence-electron chi connectivity index (χ4n) is 5.68. The Morgan fingerprint density at radius 2 is 1.80 bits per heavy atom. The van der Waals surface area contributed by atoms with Crippen LogP contribution in [0.1, 0.15) is 64.6 Å². The summed E-state index contributed by atoms with van der Waals surface area (Å²) in [7, 11) is 0. The van der Waals surface area contributed by atoms with Crippen molar-refractivity contribution in [2.45, 2.75) is 72.0 Å². The Labute approximate surface area is 266 Å². The maximum Gasteiger partial charge on any atom is 0.410 e. The quantitative estimate of drug-likeness (QED) is 0.285. The van der Waals surface area contributed by atoms with Gasteiger partial charge in [0.05, 0.1) is 28.2 Å². The lowest BCUT2D eigenvalue weighted by atomic mass is 10.0. The van der Waals surface area contributed by atoms with Crippen molar-refractivity contribution < 1.29 is 23.8 Å². The van der Waals surface area contributed by atoms with Crippen molar-refractivity contribution in [2.75, 3.05) is 31.1 Å². The molecule has 0 radical (unpaired) electrons. The smallest absolute Gasteiger partial charge is 0.410 e. The minimum absolute atomic E-state index is 0.0310. The van der Waals surface area contributed by atoms with Crippen molar-refractivity contribution >= 4 is 22.8 Å². The summed E-state index contributed by atoms with van der Waals surface area (Å²) < 4.78 is 28.7. The average molecular weight is 631 g/mol. The van der Waals surface area contributed by atoms with Crippen LogP contribution in [0.25, 0.3) is 27.8 Å². The molecule has 12 heteroatoms. The van der Waals surface area contributed by atoms with Crippen LogP contribution < -0.4 is 15.3 Å². The number of aryl methyl sites for hydroxylation is 1. The topological polar surface area (TPSA) is 123 Å². The zero-order chi connectivity index (χ0) is 32.9. The van der Waals surface area contributed by atoms with E-state index in [-0.39, 0.29) is 34.9 Å². The van der Waals surface area contributed by atoms with Gasteiger partial charge in [-0.1, -0.05) is 19.9 Å². The predicted molar refractivity (Wildman–Crippen MR) is 172 cm³/mol. The lowest BCUT2D eigenvalue weighted by Crippen LogP contribution is -2.50. The Bertz CT molecular complexity index is 1850. The number of halogens is 1. The Balaban J connectivity index is 1.59. The van der Waals surface area contributed by atoms with Gasteiger partial charge in [-0.05, 0) is 76.3 Å². The highest BCUT2D eigenvalue weighted by molar-refractivity contribution is 5.97. The second kappa shape index (κ2) is 11.9. The number of hydrogen-bond donors (Lipinski definition) is 1. The second-order valence-corrected chi connectivity index (χ2v) is 13.2. The van der Waals surface area contributed by atoms with Crippen LogP contribution >= 0.6 is 0 Å². The largest absolute Gasteiger partial charge is 0.507 e. The standard InChI is InChI=1S/C34H39FN6O5/c1-19(2)28-29(20(3)12-13-36-28)41-24-18-23(26-22(35)8-7-9-25(26)42)37-31(45-21-10-11-21)27(24)30(38-32(41)43)39-14-16-40(17-15-39)33(44)46-34(4,5)6/h7-9,12-13,18-19,21,42H,10-11,14-17H2,1-6H3. The van der Waals surface area contributed by atoms with Crippen LogP contribution in [0.5, 0.6) is 11.6 Å². The summed E-state index contributed by atoms with van der Waals surface area (Å²) >= 11 is 0. The van der Waals surface area contributed by atoms with Gasteiger partial charge in [-0.2, -0.15) is 4.98 Å². The molecule has 0 atom stereocenters. The van der Waals surface area contributed by atoms with E-state index in [1.807, 2.05) is 52.5 Å². The third kappa shape index (κ3) is 6.08. The van der Waals surface area contributed by atoms with Crippen LogP contribution in [0.4, 0.5) is 15.0 Å². The average Bonchev–Trinajstić information content (AvgIpc) is 3.80. The number of hydrogen-bond acceptors (Lipinski definition) is 9. The van der Waals surface area contributed by atoms with E-state index in [1.165, 1.54) is 22.8 Å². The highest BCUT2D eigenvalue weighted by Crippen LogP contribution is 2.41. The number of carbonyl (C=O) groups is 1. The molecule has 1 aliphatic heterocycles. The number of ether oxygens (including phenoxy) is 2. The third-order valence-electron chi connectivity index (χ3n) is 8.03. The van der Waals surface area contributed by atoms with Crippen LogP contribution in [0.2, 0.25) is 0 Å². The Kier molecular flexibility index (Phi) is 8.07. The van der Waals surface area contributed by atoms with E-state index in [1.54, 1.807) is 17.2 Å². The molecule has 0 spiro atoms. The number of phenols is 1. The van der Waals surface area contributed by atoms with Gasteiger partial charge in [-0.25, -0.2) is 19.0 Å². The molecule has 4 aromatic rings. The Hall–Kier alpha value is -4.74. The molecule has 1 N–H and O–H groups in total. The van der Waals surface area contributed by atoms with Gasteiger partial charge < -0.3 is 24.4 Å². The number of fused-ring (bicyclic) bond motifs is 1. The summed E-state index contributed by atoms with van der Waals surface area (Å²) in [5.74, 6) is -0.426. The molecule has 0 unspecified atom stereocenters. The number of anilines is 1. The van der Waals surface area contributed by atoms with Crippen molar-refractivity contribution in [3.8, 4) is 28.6 Å². The number of nitrogens with zero attached hydrogens (tertiary/aromatic N) is 6. The van der Waals surface area contributed by atoms with Crippen LogP contribution in [0.15, 0.2) is 41.3 Å². The summed E-state index contributed by atoms with van der Waals surface area (Å²) in [5.41, 5.74) is 1.31. The van der Waals surface area contributed by atoms with Crippen molar-refractivity contribution in [1.82, 2.24) is 24.4 Å². The number of piperazine rings is 1. The van der Waals surface area contributed by atoms with E-state index in [0.717, 1.165) is 18.4 Å². The van der Waals surface area contributed by atoms with E-state index in [2.05, 4.69) is 9.97 Å².